The molecule has 1 heterocycles. The first-order valence-electron chi connectivity index (χ1n) is 7.06. The molecule has 0 saturated carbocycles. The summed E-state index contributed by atoms with van der Waals surface area (Å²) in [5, 5.41) is 3.14. The van der Waals surface area contributed by atoms with E-state index >= 15 is 0 Å². The SMILES string of the molecule is O=C(Nc1ccc(Oc2ccc(Br)cc2)cc1)c1ccc(Cl)nc1. The molecule has 3 rings (SSSR count). The van der Waals surface area contributed by atoms with Crippen LogP contribution in [0.25, 0.3) is 0 Å². The Hall–Kier alpha value is -2.37. The van der Waals surface area contributed by atoms with Crippen LogP contribution < -0.4 is 10.1 Å². The van der Waals surface area contributed by atoms with Crippen LogP contribution >= 0.6 is 27.5 Å². The number of hydrogen-bond donors (Lipinski definition) is 1. The van der Waals surface area contributed by atoms with Crippen LogP contribution in [0.3, 0.4) is 0 Å². The number of carbonyl (C=O) groups excluding carboxylic acids is 1. The van der Waals surface area contributed by atoms with E-state index in [0.717, 1.165) is 10.2 Å². The van der Waals surface area contributed by atoms with E-state index in [0.29, 0.717) is 22.2 Å². The van der Waals surface area contributed by atoms with Crippen molar-refractivity contribution in [1.29, 1.82) is 0 Å². The van der Waals surface area contributed by atoms with Gasteiger partial charge in [-0.3, -0.25) is 4.79 Å². The molecule has 0 aliphatic carbocycles. The van der Waals surface area contributed by atoms with Crippen LogP contribution in [-0.4, -0.2) is 10.9 Å². The largest absolute Gasteiger partial charge is 0.457 e. The van der Waals surface area contributed by atoms with Crippen LogP contribution in [0.15, 0.2) is 71.3 Å². The number of pyridine rings is 1. The number of amides is 1. The summed E-state index contributed by atoms with van der Waals surface area (Å²) in [7, 11) is 0. The number of aromatic nitrogens is 1. The third-order valence-electron chi connectivity index (χ3n) is 3.15. The monoisotopic (exact) mass is 402 g/mol. The maximum Gasteiger partial charge on any atom is 0.257 e. The van der Waals surface area contributed by atoms with Gasteiger partial charge in [0.2, 0.25) is 0 Å². The Balaban J connectivity index is 1.64. The van der Waals surface area contributed by atoms with E-state index in [9.17, 15) is 4.79 Å². The van der Waals surface area contributed by atoms with Crippen LogP contribution in [0.1, 0.15) is 10.4 Å². The van der Waals surface area contributed by atoms with E-state index in [4.69, 9.17) is 16.3 Å². The van der Waals surface area contributed by atoms with Gasteiger partial charge in [0.25, 0.3) is 5.91 Å². The van der Waals surface area contributed by atoms with Crippen molar-refractivity contribution in [2.75, 3.05) is 5.32 Å². The molecular weight excluding hydrogens is 392 g/mol. The number of rotatable bonds is 4. The summed E-state index contributed by atoms with van der Waals surface area (Å²) in [6.45, 7) is 0. The summed E-state index contributed by atoms with van der Waals surface area (Å²) in [5.74, 6) is 1.17. The molecule has 0 unspecified atom stereocenters. The Morgan fingerprint density at radius 2 is 1.58 bits per heavy atom. The fourth-order valence-electron chi connectivity index (χ4n) is 1.96. The average molecular weight is 404 g/mol. The lowest BCUT2D eigenvalue weighted by Gasteiger charge is -2.08. The van der Waals surface area contributed by atoms with Gasteiger partial charge in [0.1, 0.15) is 16.7 Å². The van der Waals surface area contributed by atoms with Gasteiger partial charge in [0.05, 0.1) is 5.56 Å². The molecule has 1 N–H and O–H groups in total. The van der Waals surface area contributed by atoms with Crippen molar-refractivity contribution < 1.29 is 9.53 Å². The number of carbonyl (C=O) groups is 1. The zero-order valence-corrected chi connectivity index (χ0v) is 14.7. The van der Waals surface area contributed by atoms with Crippen molar-refractivity contribution in [1.82, 2.24) is 4.98 Å². The summed E-state index contributed by atoms with van der Waals surface area (Å²) in [6, 6.07) is 17.9. The third-order valence-corrected chi connectivity index (χ3v) is 3.90. The van der Waals surface area contributed by atoms with Gasteiger partial charge in [-0.1, -0.05) is 27.5 Å². The fourth-order valence-corrected chi connectivity index (χ4v) is 2.33. The van der Waals surface area contributed by atoms with Crippen molar-refractivity contribution in [3.63, 3.8) is 0 Å². The molecule has 0 spiro atoms. The Morgan fingerprint density at radius 1 is 0.958 bits per heavy atom. The first-order valence-corrected chi connectivity index (χ1v) is 8.24. The van der Waals surface area contributed by atoms with Gasteiger partial charge in [-0.25, -0.2) is 4.98 Å². The highest BCUT2D eigenvalue weighted by atomic mass is 79.9. The van der Waals surface area contributed by atoms with E-state index < -0.39 is 0 Å². The number of nitrogens with one attached hydrogen (secondary N) is 1. The molecule has 0 saturated heterocycles. The molecule has 0 aliphatic rings. The first-order chi connectivity index (χ1) is 11.6. The molecule has 0 fully saturated rings. The molecular formula is C18H12BrClN2O2. The second kappa shape index (κ2) is 7.47. The van der Waals surface area contributed by atoms with E-state index in [1.54, 1.807) is 36.4 Å². The van der Waals surface area contributed by atoms with Gasteiger partial charge in [-0.2, -0.15) is 0 Å². The van der Waals surface area contributed by atoms with Crippen LogP contribution in [0.4, 0.5) is 5.69 Å². The van der Waals surface area contributed by atoms with Crippen LogP contribution in [0, 0.1) is 0 Å². The maximum absolute atomic E-state index is 12.1. The van der Waals surface area contributed by atoms with Gasteiger partial charge >= 0.3 is 0 Å². The Labute approximate surface area is 152 Å². The van der Waals surface area contributed by atoms with E-state index in [-0.39, 0.29) is 5.91 Å². The van der Waals surface area contributed by atoms with Crippen molar-refractivity contribution in [2.24, 2.45) is 0 Å². The number of nitrogens with zero attached hydrogens (tertiary/aromatic N) is 1. The molecule has 1 aromatic heterocycles. The molecule has 120 valence electrons. The van der Waals surface area contributed by atoms with Crippen molar-refractivity contribution >= 4 is 39.1 Å². The second-order valence-corrected chi connectivity index (χ2v) is 6.21. The normalized spacial score (nSPS) is 10.2. The van der Waals surface area contributed by atoms with E-state index in [2.05, 4.69) is 26.2 Å². The molecule has 0 aliphatic heterocycles. The van der Waals surface area contributed by atoms with Crippen molar-refractivity contribution in [3.8, 4) is 11.5 Å². The lowest BCUT2D eigenvalue weighted by molar-refractivity contribution is 0.102. The lowest BCUT2D eigenvalue weighted by atomic mass is 10.2. The van der Waals surface area contributed by atoms with Gasteiger partial charge in [0, 0.05) is 16.4 Å². The van der Waals surface area contributed by atoms with Crippen molar-refractivity contribution in [3.05, 3.63) is 82.0 Å². The Kier molecular flexibility index (Phi) is 5.13. The van der Waals surface area contributed by atoms with Crippen LogP contribution in [0.2, 0.25) is 5.15 Å². The summed E-state index contributed by atoms with van der Waals surface area (Å²) in [6.07, 6.45) is 1.43. The third kappa shape index (κ3) is 4.34. The minimum Gasteiger partial charge on any atom is -0.457 e. The zero-order valence-electron chi connectivity index (χ0n) is 12.4. The minimum absolute atomic E-state index is 0.249. The topological polar surface area (TPSA) is 51.2 Å². The number of anilines is 1. The molecule has 0 radical (unpaired) electrons. The fraction of sp³-hybridized carbons (Fsp3) is 0. The standard InChI is InChI=1S/C18H12BrClN2O2/c19-13-2-6-15(7-3-13)24-16-8-4-14(5-9-16)22-18(23)12-1-10-17(20)21-11-12/h1-11H,(H,22,23). The Morgan fingerprint density at radius 3 is 2.17 bits per heavy atom. The quantitative estimate of drug-likeness (QED) is 0.582. The highest BCUT2D eigenvalue weighted by Crippen LogP contribution is 2.24. The average Bonchev–Trinajstić information content (AvgIpc) is 2.59. The molecule has 4 nitrogen and oxygen atoms in total. The summed E-state index contributed by atoms with van der Waals surface area (Å²) in [4.78, 5) is 16.0. The van der Waals surface area contributed by atoms with Gasteiger partial charge in [0.15, 0.2) is 0 Å². The molecule has 2 aromatic carbocycles. The van der Waals surface area contributed by atoms with E-state index in [1.165, 1.54) is 6.20 Å². The molecule has 1 amide bonds. The number of ether oxygens (including phenoxy) is 1. The molecule has 24 heavy (non-hydrogen) atoms. The zero-order chi connectivity index (χ0) is 16.9. The van der Waals surface area contributed by atoms with Gasteiger partial charge in [-0.15, -0.1) is 0 Å². The maximum atomic E-state index is 12.1. The number of benzene rings is 2. The summed E-state index contributed by atoms with van der Waals surface area (Å²) >= 11 is 9.09. The first kappa shape index (κ1) is 16.5. The smallest absolute Gasteiger partial charge is 0.257 e. The lowest BCUT2D eigenvalue weighted by Crippen LogP contribution is -2.11. The number of hydrogen-bond acceptors (Lipinski definition) is 3. The van der Waals surface area contributed by atoms with Crippen LogP contribution in [-0.2, 0) is 0 Å². The van der Waals surface area contributed by atoms with Crippen LogP contribution in [0.5, 0.6) is 11.5 Å². The number of halogens is 2. The molecule has 3 aromatic rings. The Bertz CT molecular complexity index is 834. The highest BCUT2D eigenvalue weighted by molar-refractivity contribution is 9.10. The molecule has 6 heteroatoms. The van der Waals surface area contributed by atoms with Crippen molar-refractivity contribution in [2.45, 2.75) is 0 Å². The molecule has 0 bridgehead atoms. The van der Waals surface area contributed by atoms with Gasteiger partial charge < -0.3 is 10.1 Å². The summed E-state index contributed by atoms with van der Waals surface area (Å²) in [5.41, 5.74) is 1.10. The van der Waals surface area contributed by atoms with E-state index in [1.807, 2.05) is 24.3 Å². The molecule has 0 atom stereocenters. The highest BCUT2D eigenvalue weighted by Gasteiger charge is 2.07. The van der Waals surface area contributed by atoms with Gasteiger partial charge in [-0.05, 0) is 60.7 Å². The predicted molar refractivity (Wildman–Crippen MR) is 97.9 cm³/mol. The second-order valence-electron chi connectivity index (χ2n) is 4.90. The minimum atomic E-state index is -0.249. The summed E-state index contributed by atoms with van der Waals surface area (Å²) < 4.78 is 6.72. The predicted octanol–water partition coefficient (Wildman–Crippen LogP) is 5.54.